The summed E-state index contributed by atoms with van der Waals surface area (Å²) < 4.78 is 0. The number of rotatable bonds is 2. The first kappa shape index (κ1) is 11.5. The molecule has 1 fully saturated rings. The van der Waals surface area contributed by atoms with E-state index in [1.807, 2.05) is 26.1 Å². The lowest BCUT2D eigenvalue weighted by Crippen LogP contribution is -2.46. The van der Waals surface area contributed by atoms with E-state index in [1.54, 1.807) is 6.33 Å². The number of anilines is 1. The summed E-state index contributed by atoms with van der Waals surface area (Å²) in [5.74, 6) is 0.922. The number of hydrogen-bond donors (Lipinski definition) is 2. The van der Waals surface area contributed by atoms with E-state index in [0.29, 0.717) is 0 Å². The molecular formula is C13H18N4O. The molecule has 18 heavy (non-hydrogen) atoms. The van der Waals surface area contributed by atoms with Crippen molar-refractivity contribution in [2.45, 2.75) is 38.3 Å². The Morgan fingerprint density at radius 3 is 3.06 bits per heavy atom. The van der Waals surface area contributed by atoms with Gasteiger partial charge in [-0.05, 0) is 32.8 Å². The fraction of sp³-hybridized carbons (Fsp3) is 0.538. The fourth-order valence-electron chi connectivity index (χ4n) is 2.84. The molecule has 3 heterocycles. The zero-order valence-electron chi connectivity index (χ0n) is 10.7. The monoisotopic (exact) mass is 246 g/mol. The molecule has 0 aromatic carbocycles. The van der Waals surface area contributed by atoms with Gasteiger partial charge in [-0.2, -0.15) is 0 Å². The van der Waals surface area contributed by atoms with Crippen molar-refractivity contribution in [2.75, 3.05) is 11.4 Å². The third kappa shape index (κ3) is 1.75. The summed E-state index contributed by atoms with van der Waals surface area (Å²) in [5, 5.41) is 11.3. The van der Waals surface area contributed by atoms with Crippen LogP contribution in [0.2, 0.25) is 0 Å². The number of nitrogens with zero attached hydrogens (tertiary/aromatic N) is 3. The molecule has 2 N–H and O–H groups in total. The summed E-state index contributed by atoms with van der Waals surface area (Å²) in [6, 6.07) is 2.11. The van der Waals surface area contributed by atoms with Crippen LogP contribution in [0.5, 0.6) is 0 Å². The van der Waals surface area contributed by atoms with E-state index in [2.05, 4.69) is 19.9 Å². The molecule has 1 aliphatic rings. The molecule has 2 aromatic heterocycles. The number of nitrogens with one attached hydrogen (secondary N) is 1. The van der Waals surface area contributed by atoms with Crippen LogP contribution in [0.3, 0.4) is 0 Å². The number of aliphatic hydroxyl groups is 1. The maximum atomic E-state index is 10.3. The molecule has 0 unspecified atom stereocenters. The van der Waals surface area contributed by atoms with Gasteiger partial charge >= 0.3 is 0 Å². The second-order valence-corrected chi connectivity index (χ2v) is 5.44. The van der Waals surface area contributed by atoms with Crippen LogP contribution in [-0.4, -0.2) is 38.2 Å². The number of H-pyrrole nitrogens is 1. The molecule has 0 amide bonds. The molecule has 0 spiro atoms. The fourth-order valence-corrected chi connectivity index (χ4v) is 2.84. The van der Waals surface area contributed by atoms with Crippen molar-refractivity contribution in [3.05, 3.63) is 18.6 Å². The molecule has 5 nitrogen and oxygen atoms in total. The van der Waals surface area contributed by atoms with Gasteiger partial charge in [0.2, 0.25) is 0 Å². The molecule has 1 atom stereocenters. The molecule has 0 aliphatic carbocycles. The minimum Gasteiger partial charge on any atom is -0.388 e. The second kappa shape index (κ2) is 3.95. The molecule has 0 bridgehead atoms. The maximum Gasteiger partial charge on any atom is 0.142 e. The van der Waals surface area contributed by atoms with Crippen molar-refractivity contribution in [2.24, 2.45) is 0 Å². The SMILES string of the molecule is CC(C)(O)[C@@H]1CCCN1c1ncnc2[nH]ccc12. The highest BCUT2D eigenvalue weighted by Gasteiger charge is 2.37. The summed E-state index contributed by atoms with van der Waals surface area (Å²) in [7, 11) is 0. The third-order valence-corrected chi connectivity index (χ3v) is 3.67. The Labute approximate surface area is 106 Å². The highest BCUT2D eigenvalue weighted by Crippen LogP contribution is 2.33. The highest BCUT2D eigenvalue weighted by atomic mass is 16.3. The minimum atomic E-state index is -0.718. The van der Waals surface area contributed by atoms with E-state index in [9.17, 15) is 5.11 Å². The van der Waals surface area contributed by atoms with Gasteiger partial charge in [0.25, 0.3) is 0 Å². The van der Waals surface area contributed by atoms with Crippen molar-refractivity contribution in [1.82, 2.24) is 15.0 Å². The molecule has 0 saturated carbocycles. The molecule has 96 valence electrons. The van der Waals surface area contributed by atoms with Gasteiger partial charge in [-0.15, -0.1) is 0 Å². The van der Waals surface area contributed by atoms with Gasteiger partial charge in [0.05, 0.1) is 17.0 Å². The average molecular weight is 246 g/mol. The van der Waals surface area contributed by atoms with Gasteiger partial charge in [-0.25, -0.2) is 9.97 Å². The molecule has 1 saturated heterocycles. The Morgan fingerprint density at radius 1 is 1.44 bits per heavy atom. The second-order valence-electron chi connectivity index (χ2n) is 5.44. The van der Waals surface area contributed by atoms with E-state index in [1.165, 1.54) is 0 Å². The Balaban J connectivity index is 2.06. The van der Waals surface area contributed by atoms with Crippen LogP contribution in [0.15, 0.2) is 18.6 Å². The molecule has 2 aromatic rings. The van der Waals surface area contributed by atoms with E-state index in [4.69, 9.17) is 0 Å². The lowest BCUT2D eigenvalue weighted by atomic mass is 9.96. The predicted octanol–water partition coefficient (Wildman–Crippen LogP) is 1.70. The first-order valence-corrected chi connectivity index (χ1v) is 6.34. The van der Waals surface area contributed by atoms with Crippen LogP contribution in [0.4, 0.5) is 5.82 Å². The number of fused-ring (bicyclic) bond motifs is 1. The van der Waals surface area contributed by atoms with Crippen LogP contribution < -0.4 is 4.90 Å². The zero-order valence-corrected chi connectivity index (χ0v) is 10.7. The lowest BCUT2D eigenvalue weighted by Gasteiger charge is -2.34. The van der Waals surface area contributed by atoms with Gasteiger partial charge in [0, 0.05) is 12.7 Å². The van der Waals surface area contributed by atoms with Gasteiger partial charge in [-0.3, -0.25) is 0 Å². The van der Waals surface area contributed by atoms with E-state index >= 15 is 0 Å². The van der Waals surface area contributed by atoms with Crippen molar-refractivity contribution < 1.29 is 5.11 Å². The summed E-state index contributed by atoms with van der Waals surface area (Å²) in [4.78, 5) is 13.9. The Hall–Kier alpha value is -1.62. The first-order chi connectivity index (χ1) is 8.57. The smallest absolute Gasteiger partial charge is 0.142 e. The quantitative estimate of drug-likeness (QED) is 0.846. The van der Waals surface area contributed by atoms with Crippen molar-refractivity contribution in [1.29, 1.82) is 0 Å². The largest absolute Gasteiger partial charge is 0.388 e. The van der Waals surface area contributed by atoms with Crippen LogP contribution in [0.25, 0.3) is 11.0 Å². The van der Waals surface area contributed by atoms with Crippen LogP contribution in [-0.2, 0) is 0 Å². The van der Waals surface area contributed by atoms with Crippen molar-refractivity contribution in [3.63, 3.8) is 0 Å². The topological polar surface area (TPSA) is 65.0 Å². The highest BCUT2D eigenvalue weighted by molar-refractivity contribution is 5.87. The predicted molar refractivity (Wildman–Crippen MR) is 70.6 cm³/mol. The average Bonchev–Trinajstić information content (AvgIpc) is 2.96. The summed E-state index contributed by atoms with van der Waals surface area (Å²) in [6.45, 7) is 4.67. The number of hydrogen-bond acceptors (Lipinski definition) is 4. The Morgan fingerprint density at radius 2 is 2.28 bits per heavy atom. The van der Waals surface area contributed by atoms with Gasteiger partial charge in [0.1, 0.15) is 17.8 Å². The molecule has 1 aliphatic heterocycles. The molecule has 3 rings (SSSR count). The van der Waals surface area contributed by atoms with Crippen LogP contribution in [0.1, 0.15) is 26.7 Å². The zero-order chi connectivity index (χ0) is 12.8. The van der Waals surface area contributed by atoms with E-state index < -0.39 is 5.60 Å². The standard InChI is InChI=1S/C13H18N4O/c1-13(2,18)10-4-3-7-17(10)12-9-5-6-14-11(9)15-8-16-12/h5-6,8,10,18H,3-4,7H2,1-2H3,(H,14,15,16)/t10-/m0/s1. The van der Waals surface area contributed by atoms with Crippen molar-refractivity contribution in [3.8, 4) is 0 Å². The molecule has 0 radical (unpaired) electrons. The van der Waals surface area contributed by atoms with Crippen LogP contribution in [0, 0.1) is 0 Å². The van der Waals surface area contributed by atoms with Crippen LogP contribution >= 0.6 is 0 Å². The number of aromatic nitrogens is 3. The number of aromatic amines is 1. The van der Waals surface area contributed by atoms with E-state index in [0.717, 1.165) is 36.2 Å². The van der Waals surface area contributed by atoms with Crippen molar-refractivity contribution >= 4 is 16.9 Å². The normalized spacial score (nSPS) is 20.8. The van der Waals surface area contributed by atoms with Gasteiger partial charge < -0.3 is 15.0 Å². The van der Waals surface area contributed by atoms with Gasteiger partial charge in [-0.1, -0.05) is 0 Å². The first-order valence-electron chi connectivity index (χ1n) is 6.34. The summed E-state index contributed by atoms with van der Waals surface area (Å²) in [6.07, 6.45) is 5.54. The van der Waals surface area contributed by atoms with E-state index in [-0.39, 0.29) is 6.04 Å². The minimum absolute atomic E-state index is 0.116. The summed E-state index contributed by atoms with van der Waals surface area (Å²) >= 11 is 0. The Kier molecular flexibility index (Phi) is 2.52. The Bertz CT molecular complexity index is 557. The lowest BCUT2D eigenvalue weighted by molar-refractivity contribution is 0.0533. The molecular weight excluding hydrogens is 228 g/mol. The third-order valence-electron chi connectivity index (χ3n) is 3.67. The maximum absolute atomic E-state index is 10.3. The van der Waals surface area contributed by atoms with Gasteiger partial charge in [0.15, 0.2) is 0 Å². The molecule has 5 heteroatoms. The summed E-state index contributed by atoms with van der Waals surface area (Å²) in [5.41, 5.74) is 0.130.